The Kier molecular flexibility index (Phi) is 6.58. The van der Waals surface area contributed by atoms with Gasteiger partial charge in [-0.25, -0.2) is 4.98 Å². The van der Waals surface area contributed by atoms with Gasteiger partial charge in [-0.05, 0) is 63.9 Å². The molecule has 2 atom stereocenters. The van der Waals surface area contributed by atoms with Crippen LogP contribution in [-0.2, 0) is 4.74 Å². The summed E-state index contributed by atoms with van der Waals surface area (Å²) in [5, 5.41) is 12.1. The molecular weight excluding hydrogens is 412 g/mol. The number of amides is 1. The molecule has 4 rings (SSSR count). The van der Waals surface area contributed by atoms with Crippen LogP contribution in [0.5, 0.6) is 5.75 Å². The zero-order valence-electron chi connectivity index (χ0n) is 17.9. The van der Waals surface area contributed by atoms with Crippen LogP contribution in [0.15, 0.2) is 36.5 Å². The van der Waals surface area contributed by atoms with E-state index in [2.05, 4.69) is 20.5 Å². The number of benzene rings is 1. The van der Waals surface area contributed by atoms with Gasteiger partial charge in [0.2, 0.25) is 0 Å². The van der Waals surface area contributed by atoms with Crippen LogP contribution in [0.2, 0.25) is 0 Å². The second-order valence-electron chi connectivity index (χ2n) is 7.76. The smallest absolute Gasteiger partial charge is 0.251 e. The van der Waals surface area contributed by atoms with Crippen molar-refractivity contribution < 1.29 is 14.3 Å². The van der Waals surface area contributed by atoms with Crippen molar-refractivity contribution in [2.75, 3.05) is 13.2 Å². The third-order valence-corrected chi connectivity index (χ3v) is 6.07. The highest BCUT2D eigenvalue weighted by molar-refractivity contribution is 7.14. The maximum absolute atomic E-state index is 13.0. The molecule has 3 heterocycles. The van der Waals surface area contributed by atoms with Gasteiger partial charge in [-0.2, -0.15) is 10.2 Å². The Bertz CT molecular complexity index is 1050. The van der Waals surface area contributed by atoms with Gasteiger partial charge in [-0.15, -0.1) is 11.3 Å². The summed E-state index contributed by atoms with van der Waals surface area (Å²) in [4.78, 5) is 18.6. The van der Waals surface area contributed by atoms with Gasteiger partial charge in [0.1, 0.15) is 17.4 Å². The van der Waals surface area contributed by atoms with Crippen molar-refractivity contribution in [1.82, 2.24) is 20.5 Å². The minimum atomic E-state index is -0.275. The average Bonchev–Trinajstić information content (AvgIpc) is 3.44. The number of carbonyl (C=O) groups excluding carboxylic acids is 1. The van der Waals surface area contributed by atoms with Gasteiger partial charge in [-0.3, -0.25) is 4.79 Å². The molecule has 2 aromatic heterocycles. The SMILES string of the molecule is Cc1ccc(C(C)NC(=O)c2cc(OC[C@H]3CCCO3)cc(-c3ncc(C)s3)c2)nn1. The van der Waals surface area contributed by atoms with Crippen LogP contribution in [0.25, 0.3) is 10.6 Å². The quantitative estimate of drug-likeness (QED) is 0.593. The van der Waals surface area contributed by atoms with Crippen LogP contribution in [-0.4, -0.2) is 40.4 Å². The molecule has 31 heavy (non-hydrogen) atoms. The molecule has 8 heteroatoms. The van der Waals surface area contributed by atoms with E-state index in [4.69, 9.17) is 9.47 Å². The average molecular weight is 439 g/mol. The summed E-state index contributed by atoms with van der Waals surface area (Å²) < 4.78 is 11.7. The first-order valence-corrected chi connectivity index (χ1v) is 11.2. The fourth-order valence-electron chi connectivity index (χ4n) is 3.38. The molecular formula is C23H26N4O3S. The largest absolute Gasteiger partial charge is 0.491 e. The van der Waals surface area contributed by atoms with E-state index in [-0.39, 0.29) is 18.1 Å². The third-order valence-electron chi connectivity index (χ3n) is 5.11. The lowest BCUT2D eigenvalue weighted by molar-refractivity contribution is 0.0679. The Morgan fingerprint density at radius 3 is 2.84 bits per heavy atom. The summed E-state index contributed by atoms with van der Waals surface area (Å²) in [7, 11) is 0. The molecule has 162 valence electrons. The first kappa shape index (κ1) is 21.4. The zero-order chi connectivity index (χ0) is 21.8. The van der Waals surface area contributed by atoms with Gasteiger partial charge in [0, 0.05) is 28.8 Å². The van der Waals surface area contributed by atoms with E-state index in [1.165, 1.54) is 0 Å². The first-order chi connectivity index (χ1) is 15.0. The molecule has 0 aliphatic carbocycles. The van der Waals surface area contributed by atoms with Crippen molar-refractivity contribution in [2.24, 2.45) is 0 Å². The fourth-order valence-corrected chi connectivity index (χ4v) is 4.14. The summed E-state index contributed by atoms with van der Waals surface area (Å²) in [6.07, 6.45) is 3.98. The van der Waals surface area contributed by atoms with Crippen LogP contribution in [0.3, 0.4) is 0 Å². The number of aromatic nitrogens is 3. The standard InChI is InChI=1S/C23H26N4O3S/c1-14-6-7-21(27-26-14)16(3)25-22(28)17-9-18(23-24-12-15(2)31-23)11-20(10-17)30-13-19-5-4-8-29-19/h6-7,9-12,16,19H,4-5,8,13H2,1-3H3,(H,25,28)/t16?,19-/m1/s1. The van der Waals surface area contributed by atoms with E-state index < -0.39 is 0 Å². The molecule has 1 unspecified atom stereocenters. The maximum atomic E-state index is 13.0. The molecule has 1 aliphatic rings. The van der Waals surface area contributed by atoms with Crippen molar-refractivity contribution in [1.29, 1.82) is 0 Å². The minimum absolute atomic E-state index is 0.100. The highest BCUT2D eigenvalue weighted by Gasteiger charge is 2.19. The maximum Gasteiger partial charge on any atom is 0.251 e. The molecule has 1 amide bonds. The fraction of sp³-hybridized carbons (Fsp3) is 0.391. The number of nitrogens with one attached hydrogen (secondary N) is 1. The van der Waals surface area contributed by atoms with Crippen molar-refractivity contribution in [2.45, 2.75) is 45.8 Å². The Morgan fingerprint density at radius 1 is 1.29 bits per heavy atom. The van der Waals surface area contributed by atoms with Gasteiger partial charge in [0.15, 0.2) is 0 Å². The molecule has 0 saturated carbocycles. The number of carbonyl (C=O) groups is 1. The third kappa shape index (κ3) is 5.45. The van der Waals surface area contributed by atoms with E-state index in [0.29, 0.717) is 23.6 Å². The summed E-state index contributed by atoms with van der Waals surface area (Å²) in [5.41, 5.74) is 2.91. The molecule has 1 aliphatic heterocycles. The first-order valence-electron chi connectivity index (χ1n) is 10.4. The monoisotopic (exact) mass is 438 g/mol. The highest BCUT2D eigenvalue weighted by atomic mass is 32.1. The normalized spacial score (nSPS) is 16.8. The zero-order valence-corrected chi connectivity index (χ0v) is 18.7. The van der Waals surface area contributed by atoms with Crippen molar-refractivity contribution in [3.05, 3.63) is 58.4 Å². The van der Waals surface area contributed by atoms with Crippen molar-refractivity contribution in [3.8, 4) is 16.3 Å². The Balaban J connectivity index is 1.56. The van der Waals surface area contributed by atoms with Gasteiger partial charge in [-0.1, -0.05) is 0 Å². The second kappa shape index (κ2) is 9.53. The van der Waals surface area contributed by atoms with Gasteiger partial charge in [0.05, 0.1) is 23.5 Å². The van der Waals surface area contributed by atoms with Gasteiger partial charge >= 0.3 is 0 Å². The van der Waals surface area contributed by atoms with E-state index in [1.54, 1.807) is 17.4 Å². The highest BCUT2D eigenvalue weighted by Crippen LogP contribution is 2.30. The molecule has 0 bridgehead atoms. The van der Waals surface area contributed by atoms with Gasteiger partial charge < -0.3 is 14.8 Å². The molecule has 0 spiro atoms. The molecule has 1 N–H and O–H groups in total. The summed E-state index contributed by atoms with van der Waals surface area (Å²) in [6.45, 7) is 7.03. The van der Waals surface area contributed by atoms with Crippen LogP contribution in [0.4, 0.5) is 0 Å². The molecule has 1 fully saturated rings. The predicted octanol–water partition coefficient (Wildman–Crippen LogP) is 4.27. The number of hydrogen-bond donors (Lipinski definition) is 1. The lowest BCUT2D eigenvalue weighted by Gasteiger charge is -2.16. The minimum Gasteiger partial charge on any atom is -0.491 e. The summed E-state index contributed by atoms with van der Waals surface area (Å²) in [5.74, 6) is 0.431. The van der Waals surface area contributed by atoms with Gasteiger partial charge in [0.25, 0.3) is 5.91 Å². The Morgan fingerprint density at radius 2 is 2.16 bits per heavy atom. The van der Waals surface area contributed by atoms with Crippen LogP contribution < -0.4 is 10.1 Å². The summed E-state index contributed by atoms with van der Waals surface area (Å²) >= 11 is 1.58. The number of aryl methyl sites for hydroxylation is 2. The van der Waals surface area contributed by atoms with Crippen LogP contribution in [0, 0.1) is 13.8 Å². The van der Waals surface area contributed by atoms with Crippen LogP contribution in [0.1, 0.15) is 52.4 Å². The van der Waals surface area contributed by atoms with Crippen molar-refractivity contribution in [3.63, 3.8) is 0 Å². The number of ether oxygens (including phenoxy) is 2. The topological polar surface area (TPSA) is 86.2 Å². The molecule has 3 aromatic rings. The summed E-state index contributed by atoms with van der Waals surface area (Å²) in [6, 6.07) is 9.02. The van der Waals surface area contributed by atoms with E-state index in [0.717, 1.165) is 40.6 Å². The number of nitrogens with zero attached hydrogens (tertiary/aromatic N) is 3. The molecule has 1 aromatic carbocycles. The second-order valence-corrected chi connectivity index (χ2v) is 9.00. The Labute approximate surface area is 185 Å². The number of hydrogen-bond acceptors (Lipinski definition) is 7. The van der Waals surface area contributed by atoms with Crippen molar-refractivity contribution >= 4 is 17.2 Å². The predicted molar refractivity (Wildman–Crippen MR) is 119 cm³/mol. The Hall–Kier alpha value is -2.84. The number of rotatable bonds is 7. The lowest BCUT2D eigenvalue weighted by atomic mass is 10.1. The van der Waals surface area contributed by atoms with Crippen LogP contribution >= 0.6 is 11.3 Å². The molecule has 1 saturated heterocycles. The molecule has 7 nitrogen and oxygen atoms in total. The van der Waals surface area contributed by atoms with E-state index in [1.807, 2.05) is 51.2 Å². The van der Waals surface area contributed by atoms with E-state index >= 15 is 0 Å². The lowest BCUT2D eigenvalue weighted by Crippen LogP contribution is -2.27. The molecule has 0 radical (unpaired) electrons. The number of thiazole rings is 1. The van der Waals surface area contributed by atoms with E-state index in [9.17, 15) is 4.79 Å².